The molecule has 0 spiro atoms. The molecular weight excluding hydrogens is 244 g/mol. The standard InChI is InChI=1S/C15H17ClN2/c1-10-4-5-13(11(2)6-10)8-17-14-7-12(3)15(16)18-9-14/h4-7,9,17H,8H2,1-3H3. The van der Waals surface area contributed by atoms with E-state index in [1.54, 1.807) is 6.20 Å². The van der Waals surface area contributed by atoms with Gasteiger partial charge in [0.1, 0.15) is 5.15 Å². The predicted molar refractivity (Wildman–Crippen MR) is 77.2 cm³/mol. The Labute approximate surface area is 113 Å². The Morgan fingerprint density at radius 2 is 1.89 bits per heavy atom. The van der Waals surface area contributed by atoms with Crippen molar-refractivity contribution in [2.75, 3.05) is 5.32 Å². The van der Waals surface area contributed by atoms with Crippen molar-refractivity contribution in [2.24, 2.45) is 0 Å². The molecule has 1 aromatic carbocycles. The molecule has 0 aliphatic carbocycles. The first kappa shape index (κ1) is 12.9. The number of halogens is 1. The first-order valence-corrected chi connectivity index (χ1v) is 6.36. The van der Waals surface area contributed by atoms with Crippen molar-refractivity contribution in [3.05, 3.63) is 57.9 Å². The number of anilines is 1. The Balaban J connectivity index is 2.09. The molecule has 1 aromatic heterocycles. The highest BCUT2D eigenvalue weighted by molar-refractivity contribution is 6.30. The van der Waals surface area contributed by atoms with E-state index in [1.165, 1.54) is 16.7 Å². The van der Waals surface area contributed by atoms with Gasteiger partial charge >= 0.3 is 0 Å². The van der Waals surface area contributed by atoms with Gasteiger partial charge in [0, 0.05) is 6.54 Å². The average Bonchev–Trinajstić information content (AvgIpc) is 2.32. The third-order valence-corrected chi connectivity index (χ3v) is 3.39. The number of aromatic nitrogens is 1. The number of rotatable bonds is 3. The van der Waals surface area contributed by atoms with Crippen molar-refractivity contribution in [1.29, 1.82) is 0 Å². The molecule has 1 N–H and O–H groups in total. The monoisotopic (exact) mass is 260 g/mol. The lowest BCUT2D eigenvalue weighted by Gasteiger charge is -2.10. The van der Waals surface area contributed by atoms with Crippen molar-refractivity contribution in [3.63, 3.8) is 0 Å². The van der Waals surface area contributed by atoms with Gasteiger partial charge in [0.15, 0.2) is 0 Å². The van der Waals surface area contributed by atoms with Crippen LogP contribution in [0.3, 0.4) is 0 Å². The van der Waals surface area contributed by atoms with Gasteiger partial charge in [0.2, 0.25) is 0 Å². The molecule has 1 heterocycles. The van der Waals surface area contributed by atoms with Crippen LogP contribution in [0, 0.1) is 20.8 Å². The molecule has 0 unspecified atom stereocenters. The lowest BCUT2D eigenvalue weighted by molar-refractivity contribution is 1.10. The van der Waals surface area contributed by atoms with Gasteiger partial charge in [0.25, 0.3) is 0 Å². The fraction of sp³-hybridized carbons (Fsp3) is 0.267. The van der Waals surface area contributed by atoms with Gasteiger partial charge in [-0.2, -0.15) is 0 Å². The summed E-state index contributed by atoms with van der Waals surface area (Å²) in [4.78, 5) is 4.13. The van der Waals surface area contributed by atoms with Gasteiger partial charge in [-0.05, 0) is 43.5 Å². The van der Waals surface area contributed by atoms with Crippen LogP contribution in [-0.2, 0) is 6.54 Å². The smallest absolute Gasteiger partial charge is 0.132 e. The molecule has 0 saturated heterocycles. The average molecular weight is 261 g/mol. The number of pyridine rings is 1. The molecule has 0 fully saturated rings. The molecule has 0 saturated carbocycles. The predicted octanol–water partition coefficient (Wildman–Crippen LogP) is 4.27. The summed E-state index contributed by atoms with van der Waals surface area (Å²) in [6.45, 7) is 7.00. The summed E-state index contributed by atoms with van der Waals surface area (Å²) in [5, 5.41) is 3.93. The molecule has 94 valence electrons. The van der Waals surface area contributed by atoms with E-state index in [0.29, 0.717) is 5.15 Å². The minimum atomic E-state index is 0.562. The number of benzene rings is 1. The van der Waals surface area contributed by atoms with Crippen LogP contribution >= 0.6 is 11.6 Å². The molecule has 0 bridgehead atoms. The summed E-state index contributed by atoms with van der Waals surface area (Å²) < 4.78 is 0. The Hall–Kier alpha value is -1.54. The fourth-order valence-corrected chi connectivity index (χ4v) is 2.00. The van der Waals surface area contributed by atoms with Gasteiger partial charge in [0.05, 0.1) is 11.9 Å². The third kappa shape index (κ3) is 3.02. The van der Waals surface area contributed by atoms with Crippen LogP contribution in [0.1, 0.15) is 22.3 Å². The van der Waals surface area contributed by atoms with E-state index in [1.807, 2.05) is 13.0 Å². The van der Waals surface area contributed by atoms with Crippen molar-refractivity contribution in [3.8, 4) is 0 Å². The summed E-state index contributed by atoms with van der Waals surface area (Å²) in [6, 6.07) is 8.50. The second-order valence-electron chi connectivity index (χ2n) is 4.62. The maximum absolute atomic E-state index is 5.90. The van der Waals surface area contributed by atoms with Crippen LogP contribution in [0.4, 0.5) is 5.69 Å². The summed E-state index contributed by atoms with van der Waals surface area (Å²) in [6.07, 6.45) is 1.76. The highest BCUT2D eigenvalue weighted by Gasteiger charge is 2.01. The van der Waals surface area contributed by atoms with E-state index in [0.717, 1.165) is 17.8 Å². The second-order valence-corrected chi connectivity index (χ2v) is 4.97. The molecule has 2 nitrogen and oxygen atoms in total. The summed E-state index contributed by atoms with van der Waals surface area (Å²) in [5.74, 6) is 0. The topological polar surface area (TPSA) is 24.9 Å². The SMILES string of the molecule is Cc1ccc(CNc2cnc(Cl)c(C)c2)c(C)c1. The van der Waals surface area contributed by atoms with E-state index < -0.39 is 0 Å². The lowest BCUT2D eigenvalue weighted by Crippen LogP contribution is -2.02. The Bertz CT molecular complexity index is 564. The zero-order valence-corrected chi connectivity index (χ0v) is 11.7. The van der Waals surface area contributed by atoms with Gasteiger partial charge in [-0.3, -0.25) is 0 Å². The van der Waals surface area contributed by atoms with Crippen molar-refractivity contribution >= 4 is 17.3 Å². The molecule has 2 aromatic rings. The number of nitrogens with one attached hydrogen (secondary N) is 1. The maximum atomic E-state index is 5.90. The molecule has 0 atom stereocenters. The molecule has 0 aliphatic rings. The fourth-order valence-electron chi connectivity index (χ4n) is 1.90. The molecule has 0 radical (unpaired) electrons. The van der Waals surface area contributed by atoms with Gasteiger partial charge in [-0.25, -0.2) is 4.98 Å². The largest absolute Gasteiger partial charge is 0.380 e. The first-order chi connectivity index (χ1) is 8.56. The van der Waals surface area contributed by atoms with E-state index in [9.17, 15) is 0 Å². The van der Waals surface area contributed by atoms with Crippen LogP contribution < -0.4 is 5.32 Å². The highest BCUT2D eigenvalue weighted by Crippen LogP contribution is 2.18. The van der Waals surface area contributed by atoms with E-state index in [-0.39, 0.29) is 0 Å². The molecule has 0 aliphatic heterocycles. The van der Waals surface area contributed by atoms with Crippen LogP contribution in [-0.4, -0.2) is 4.98 Å². The van der Waals surface area contributed by atoms with Crippen molar-refractivity contribution in [1.82, 2.24) is 4.98 Å². The van der Waals surface area contributed by atoms with E-state index in [4.69, 9.17) is 11.6 Å². The van der Waals surface area contributed by atoms with Crippen molar-refractivity contribution < 1.29 is 0 Å². The van der Waals surface area contributed by atoms with E-state index >= 15 is 0 Å². The first-order valence-electron chi connectivity index (χ1n) is 5.98. The Kier molecular flexibility index (Phi) is 3.87. The zero-order valence-electron chi connectivity index (χ0n) is 10.9. The van der Waals surface area contributed by atoms with Crippen LogP contribution in [0.5, 0.6) is 0 Å². The van der Waals surface area contributed by atoms with Crippen LogP contribution in [0.25, 0.3) is 0 Å². The van der Waals surface area contributed by atoms with Gasteiger partial charge < -0.3 is 5.32 Å². The highest BCUT2D eigenvalue weighted by atomic mass is 35.5. The quantitative estimate of drug-likeness (QED) is 0.834. The zero-order chi connectivity index (χ0) is 13.1. The number of hydrogen-bond acceptors (Lipinski definition) is 2. The summed E-state index contributed by atoms with van der Waals surface area (Å²) in [7, 11) is 0. The minimum absolute atomic E-state index is 0.562. The minimum Gasteiger partial charge on any atom is -0.380 e. The second kappa shape index (κ2) is 5.40. The van der Waals surface area contributed by atoms with Crippen molar-refractivity contribution in [2.45, 2.75) is 27.3 Å². The van der Waals surface area contributed by atoms with Gasteiger partial charge in [-0.1, -0.05) is 35.4 Å². The van der Waals surface area contributed by atoms with Gasteiger partial charge in [-0.15, -0.1) is 0 Å². The third-order valence-electron chi connectivity index (χ3n) is 3.00. The lowest BCUT2D eigenvalue weighted by atomic mass is 10.1. The Morgan fingerprint density at radius 1 is 1.11 bits per heavy atom. The molecule has 3 heteroatoms. The van der Waals surface area contributed by atoms with Crippen LogP contribution in [0.15, 0.2) is 30.5 Å². The number of aryl methyl sites for hydroxylation is 3. The van der Waals surface area contributed by atoms with E-state index in [2.05, 4.69) is 42.3 Å². The number of nitrogens with zero attached hydrogens (tertiary/aromatic N) is 1. The van der Waals surface area contributed by atoms with Crippen LogP contribution in [0.2, 0.25) is 5.15 Å². The summed E-state index contributed by atoms with van der Waals surface area (Å²) in [5.41, 5.74) is 5.88. The maximum Gasteiger partial charge on any atom is 0.132 e. The summed E-state index contributed by atoms with van der Waals surface area (Å²) >= 11 is 5.90. The Morgan fingerprint density at radius 3 is 2.56 bits per heavy atom. The molecular formula is C15H17ClN2. The number of hydrogen-bond donors (Lipinski definition) is 1. The molecule has 2 rings (SSSR count). The molecule has 18 heavy (non-hydrogen) atoms. The molecule has 0 amide bonds. The normalized spacial score (nSPS) is 10.4.